The Kier molecular flexibility index (Phi) is 5.79. The number of carbonyl (C=O) groups excluding carboxylic acids is 1. The summed E-state index contributed by atoms with van der Waals surface area (Å²) in [5.74, 6) is -0.619. The summed E-state index contributed by atoms with van der Waals surface area (Å²) in [6.07, 6.45) is 2.87. The summed E-state index contributed by atoms with van der Waals surface area (Å²) < 4.78 is 6.13. The number of hydrogen-bond acceptors (Lipinski definition) is 5. The fraction of sp³-hybridized carbons (Fsp3) is 0.278. The van der Waals surface area contributed by atoms with Crippen molar-refractivity contribution in [1.29, 1.82) is 0 Å². The molecule has 2 aromatic heterocycles. The van der Waals surface area contributed by atoms with Gasteiger partial charge in [0, 0.05) is 6.54 Å². The van der Waals surface area contributed by atoms with Crippen LogP contribution in [0, 0.1) is 0 Å². The molecule has 0 aliphatic heterocycles. The van der Waals surface area contributed by atoms with E-state index in [0.29, 0.717) is 6.54 Å². The summed E-state index contributed by atoms with van der Waals surface area (Å²) in [6.45, 7) is 0.447. The maximum absolute atomic E-state index is 11.9. The molecule has 3 rings (SSSR count). The molecule has 6 nitrogen and oxygen atoms in total. The van der Waals surface area contributed by atoms with E-state index in [1.807, 2.05) is 35.7 Å². The lowest BCUT2D eigenvalue weighted by molar-refractivity contribution is -0.121. The number of benzene rings is 1. The predicted octanol–water partition coefficient (Wildman–Crippen LogP) is 2.70. The summed E-state index contributed by atoms with van der Waals surface area (Å²) in [4.78, 5) is 24.5. The summed E-state index contributed by atoms with van der Waals surface area (Å²) in [7, 11) is 0. The van der Waals surface area contributed by atoms with Crippen molar-refractivity contribution in [3.05, 3.63) is 64.0 Å². The second kappa shape index (κ2) is 8.43. The molecule has 130 valence electrons. The van der Waals surface area contributed by atoms with Crippen molar-refractivity contribution in [1.82, 2.24) is 15.1 Å². The average Bonchev–Trinajstić information content (AvgIpc) is 3.26. The first-order valence-corrected chi connectivity index (χ1v) is 9.03. The quantitative estimate of drug-likeness (QED) is 0.629. The van der Waals surface area contributed by atoms with Gasteiger partial charge in [-0.1, -0.05) is 36.4 Å². The van der Waals surface area contributed by atoms with E-state index in [9.17, 15) is 9.59 Å². The summed E-state index contributed by atoms with van der Waals surface area (Å²) >= 11 is 1.43. The Balaban J connectivity index is 1.41. The lowest BCUT2D eigenvalue weighted by Crippen LogP contribution is -2.32. The molecule has 0 bridgehead atoms. The number of rotatable bonds is 8. The first kappa shape index (κ1) is 17.2. The second-order valence-electron chi connectivity index (χ2n) is 5.60. The van der Waals surface area contributed by atoms with Crippen molar-refractivity contribution >= 4 is 17.2 Å². The van der Waals surface area contributed by atoms with Gasteiger partial charge in [-0.05, 0) is 36.3 Å². The molecule has 0 fully saturated rings. The third-order valence-electron chi connectivity index (χ3n) is 3.69. The van der Waals surface area contributed by atoms with Crippen LogP contribution < -0.4 is 11.1 Å². The third kappa shape index (κ3) is 4.90. The van der Waals surface area contributed by atoms with Gasteiger partial charge in [0.15, 0.2) is 0 Å². The highest BCUT2D eigenvalue weighted by molar-refractivity contribution is 7.13. The normalized spacial score (nSPS) is 10.7. The zero-order valence-corrected chi connectivity index (χ0v) is 14.5. The molecule has 7 heteroatoms. The van der Waals surface area contributed by atoms with Gasteiger partial charge in [-0.2, -0.15) is 4.68 Å². The van der Waals surface area contributed by atoms with E-state index in [2.05, 4.69) is 22.5 Å². The molecule has 0 aliphatic rings. The van der Waals surface area contributed by atoms with Crippen LogP contribution in [-0.2, 0) is 17.8 Å². The molecule has 0 saturated carbocycles. The Morgan fingerprint density at radius 3 is 2.76 bits per heavy atom. The molecule has 0 spiro atoms. The van der Waals surface area contributed by atoms with E-state index >= 15 is 0 Å². The van der Waals surface area contributed by atoms with Crippen LogP contribution in [-0.4, -0.2) is 22.2 Å². The van der Waals surface area contributed by atoms with Gasteiger partial charge in [0.05, 0.1) is 4.88 Å². The molecule has 1 aromatic carbocycles. The molecule has 0 saturated heterocycles. The molecule has 1 N–H and O–H groups in total. The zero-order chi connectivity index (χ0) is 17.5. The number of aromatic nitrogens is 2. The molecular formula is C18H19N3O3S. The largest absolute Gasteiger partial charge is 0.437 e. The van der Waals surface area contributed by atoms with Gasteiger partial charge in [0.2, 0.25) is 5.91 Å². The van der Waals surface area contributed by atoms with E-state index in [4.69, 9.17) is 4.42 Å². The van der Waals surface area contributed by atoms with Crippen LogP contribution in [0.5, 0.6) is 0 Å². The monoisotopic (exact) mass is 357 g/mol. The van der Waals surface area contributed by atoms with Crippen molar-refractivity contribution in [2.75, 3.05) is 6.54 Å². The van der Waals surface area contributed by atoms with E-state index in [-0.39, 0.29) is 18.3 Å². The predicted molar refractivity (Wildman–Crippen MR) is 96.5 cm³/mol. The van der Waals surface area contributed by atoms with E-state index in [0.717, 1.165) is 28.8 Å². The fourth-order valence-electron chi connectivity index (χ4n) is 2.42. The van der Waals surface area contributed by atoms with Crippen molar-refractivity contribution in [3.63, 3.8) is 0 Å². The van der Waals surface area contributed by atoms with Crippen LogP contribution in [0.25, 0.3) is 10.8 Å². The smallest absolute Gasteiger partial charge is 0.387 e. The molecule has 0 aliphatic carbocycles. The number of nitrogens with one attached hydrogen (secondary N) is 1. The number of carbonyl (C=O) groups is 1. The number of aryl methyl sites for hydroxylation is 1. The van der Waals surface area contributed by atoms with Crippen LogP contribution in [0.15, 0.2) is 57.1 Å². The Hall–Kier alpha value is -2.67. The van der Waals surface area contributed by atoms with Gasteiger partial charge in [-0.25, -0.2) is 4.79 Å². The minimum atomic E-state index is -0.623. The van der Waals surface area contributed by atoms with E-state index in [1.165, 1.54) is 16.9 Å². The van der Waals surface area contributed by atoms with Gasteiger partial charge >= 0.3 is 5.76 Å². The Labute approximate surface area is 149 Å². The summed E-state index contributed by atoms with van der Waals surface area (Å²) in [5.41, 5.74) is 1.30. The molecule has 1 amide bonds. The van der Waals surface area contributed by atoms with Crippen molar-refractivity contribution < 1.29 is 9.21 Å². The summed E-state index contributed by atoms with van der Waals surface area (Å²) in [5, 5.41) is 8.75. The third-order valence-corrected chi connectivity index (χ3v) is 4.55. The maximum atomic E-state index is 11.9. The van der Waals surface area contributed by atoms with Crippen LogP contribution in [0.1, 0.15) is 18.4 Å². The highest BCUT2D eigenvalue weighted by Gasteiger charge is 2.13. The minimum absolute atomic E-state index is 0.133. The average molecular weight is 357 g/mol. The van der Waals surface area contributed by atoms with Gasteiger partial charge in [-0.3, -0.25) is 4.79 Å². The number of unbranched alkanes of at least 4 members (excludes halogenated alkanes) is 1. The Morgan fingerprint density at radius 2 is 2.00 bits per heavy atom. The van der Waals surface area contributed by atoms with E-state index in [1.54, 1.807) is 0 Å². The van der Waals surface area contributed by atoms with Crippen LogP contribution in [0.4, 0.5) is 0 Å². The van der Waals surface area contributed by atoms with Gasteiger partial charge in [0.25, 0.3) is 5.89 Å². The lowest BCUT2D eigenvalue weighted by Gasteiger charge is -2.04. The molecule has 0 atom stereocenters. The maximum Gasteiger partial charge on any atom is 0.437 e. The van der Waals surface area contributed by atoms with Crippen LogP contribution >= 0.6 is 11.3 Å². The zero-order valence-electron chi connectivity index (χ0n) is 13.7. The Bertz CT molecular complexity index is 853. The van der Waals surface area contributed by atoms with Crippen LogP contribution in [0.2, 0.25) is 0 Å². The highest BCUT2D eigenvalue weighted by atomic mass is 32.1. The fourth-order valence-corrected chi connectivity index (χ4v) is 3.07. The SMILES string of the molecule is O=C(Cn1nc(-c2cccs2)oc1=O)NCCCCc1ccccc1. The number of thiophene rings is 1. The number of hydrogen-bond donors (Lipinski definition) is 1. The van der Waals surface area contributed by atoms with Crippen molar-refractivity contribution in [3.8, 4) is 10.8 Å². The summed E-state index contributed by atoms with van der Waals surface area (Å²) in [6, 6.07) is 13.9. The van der Waals surface area contributed by atoms with Gasteiger partial charge in [-0.15, -0.1) is 16.4 Å². The highest BCUT2D eigenvalue weighted by Crippen LogP contribution is 2.20. The first-order valence-electron chi connectivity index (χ1n) is 8.15. The minimum Gasteiger partial charge on any atom is -0.387 e. The van der Waals surface area contributed by atoms with Gasteiger partial charge in [0.1, 0.15) is 6.54 Å². The number of nitrogens with zero attached hydrogens (tertiary/aromatic N) is 2. The molecule has 25 heavy (non-hydrogen) atoms. The molecule has 0 radical (unpaired) electrons. The van der Waals surface area contributed by atoms with Crippen molar-refractivity contribution in [2.24, 2.45) is 0 Å². The topological polar surface area (TPSA) is 77.1 Å². The molecular weight excluding hydrogens is 338 g/mol. The first-order chi connectivity index (χ1) is 12.2. The van der Waals surface area contributed by atoms with Crippen molar-refractivity contribution in [2.45, 2.75) is 25.8 Å². The molecule has 2 heterocycles. The standard InChI is InChI=1S/C18H19N3O3S/c22-16(19-11-5-4-9-14-7-2-1-3-8-14)13-21-18(23)24-17(20-21)15-10-6-12-25-15/h1-3,6-8,10,12H,4-5,9,11,13H2,(H,19,22). The van der Waals surface area contributed by atoms with Crippen LogP contribution in [0.3, 0.4) is 0 Å². The Morgan fingerprint density at radius 1 is 1.16 bits per heavy atom. The number of amides is 1. The molecule has 3 aromatic rings. The molecule has 0 unspecified atom stereocenters. The second-order valence-corrected chi connectivity index (χ2v) is 6.55. The van der Waals surface area contributed by atoms with E-state index < -0.39 is 5.76 Å². The lowest BCUT2D eigenvalue weighted by atomic mass is 10.1. The van der Waals surface area contributed by atoms with Gasteiger partial charge < -0.3 is 9.73 Å².